The van der Waals surface area contributed by atoms with Crippen LogP contribution >= 0.6 is 0 Å². The van der Waals surface area contributed by atoms with Gasteiger partial charge in [-0.25, -0.2) is 0 Å². The minimum atomic E-state index is 0.292. The highest BCUT2D eigenvalue weighted by atomic mass is 16.1. The van der Waals surface area contributed by atoms with Crippen LogP contribution in [0.25, 0.3) is 0 Å². The average molecular weight is 276 g/mol. The van der Waals surface area contributed by atoms with Crippen LogP contribution in [0.3, 0.4) is 0 Å². The molecule has 0 spiro atoms. The first-order chi connectivity index (χ1) is 10.3. The molecule has 0 aromatic heterocycles. The zero-order chi connectivity index (χ0) is 14.2. The van der Waals surface area contributed by atoms with Gasteiger partial charge in [0.15, 0.2) is 0 Å². The van der Waals surface area contributed by atoms with Crippen molar-refractivity contribution in [1.29, 1.82) is 0 Å². The summed E-state index contributed by atoms with van der Waals surface area (Å²) < 4.78 is 0. The first-order valence-corrected chi connectivity index (χ1v) is 7.97. The van der Waals surface area contributed by atoms with E-state index in [0.29, 0.717) is 29.5 Å². The smallest absolute Gasteiger partial charge is 0.136 e. The van der Waals surface area contributed by atoms with E-state index in [9.17, 15) is 4.79 Å². The topological polar surface area (TPSA) is 17.1 Å². The van der Waals surface area contributed by atoms with Crippen molar-refractivity contribution in [2.75, 3.05) is 0 Å². The summed E-state index contributed by atoms with van der Waals surface area (Å²) in [5, 5.41) is 0. The maximum absolute atomic E-state index is 12.2. The Morgan fingerprint density at radius 1 is 0.810 bits per heavy atom. The second-order valence-corrected chi connectivity index (χ2v) is 6.49. The Labute approximate surface area is 126 Å². The maximum atomic E-state index is 12.2. The predicted octanol–water partition coefficient (Wildman–Crippen LogP) is 4.43. The van der Waals surface area contributed by atoms with Crippen LogP contribution in [0.5, 0.6) is 0 Å². The quantitative estimate of drug-likeness (QED) is 0.810. The Morgan fingerprint density at radius 2 is 1.38 bits per heavy atom. The van der Waals surface area contributed by atoms with Gasteiger partial charge in [-0.05, 0) is 35.8 Å². The highest BCUT2D eigenvalue weighted by Gasteiger charge is 2.50. The van der Waals surface area contributed by atoms with Gasteiger partial charge in [-0.2, -0.15) is 0 Å². The van der Waals surface area contributed by atoms with Crippen LogP contribution in [0.1, 0.15) is 36.3 Å². The predicted molar refractivity (Wildman–Crippen MR) is 84.1 cm³/mol. The van der Waals surface area contributed by atoms with Crippen LogP contribution in [0.15, 0.2) is 60.7 Å². The lowest BCUT2D eigenvalue weighted by molar-refractivity contribution is -0.122. The minimum absolute atomic E-state index is 0.292. The van der Waals surface area contributed by atoms with Gasteiger partial charge >= 0.3 is 0 Å². The van der Waals surface area contributed by atoms with E-state index in [-0.39, 0.29) is 0 Å². The molecule has 3 atom stereocenters. The fourth-order valence-corrected chi connectivity index (χ4v) is 4.59. The van der Waals surface area contributed by atoms with Crippen molar-refractivity contribution in [2.24, 2.45) is 17.8 Å². The number of hydrogen-bond donors (Lipinski definition) is 0. The van der Waals surface area contributed by atoms with Gasteiger partial charge in [-0.3, -0.25) is 4.79 Å². The van der Waals surface area contributed by atoms with Crippen LogP contribution in [-0.2, 0) is 4.79 Å². The number of Topliss-reactive ketones (excluding diaryl/α,β-unsaturated/α-hetero) is 1. The summed E-state index contributed by atoms with van der Waals surface area (Å²) in [4.78, 5) is 12.2. The Hall–Kier alpha value is -1.89. The minimum Gasteiger partial charge on any atom is -0.299 e. The molecule has 21 heavy (non-hydrogen) atoms. The van der Waals surface area contributed by atoms with Gasteiger partial charge < -0.3 is 0 Å². The third-order valence-electron chi connectivity index (χ3n) is 5.44. The van der Waals surface area contributed by atoms with Gasteiger partial charge in [-0.1, -0.05) is 60.7 Å². The first-order valence-electron chi connectivity index (χ1n) is 7.97. The number of ketones is 1. The van der Waals surface area contributed by atoms with Crippen LogP contribution < -0.4 is 0 Å². The fourth-order valence-electron chi connectivity index (χ4n) is 4.59. The summed E-state index contributed by atoms with van der Waals surface area (Å²) >= 11 is 0. The van der Waals surface area contributed by atoms with Crippen molar-refractivity contribution in [3.05, 3.63) is 71.8 Å². The van der Waals surface area contributed by atoms with Crippen LogP contribution in [-0.4, -0.2) is 5.78 Å². The molecule has 106 valence electrons. The third-order valence-corrected chi connectivity index (χ3v) is 5.44. The van der Waals surface area contributed by atoms with Gasteiger partial charge in [0.2, 0.25) is 0 Å². The molecule has 1 heteroatoms. The second kappa shape index (κ2) is 5.14. The van der Waals surface area contributed by atoms with Crippen LogP contribution in [0.4, 0.5) is 0 Å². The van der Waals surface area contributed by atoms with Gasteiger partial charge in [0, 0.05) is 18.3 Å². The monoisotopic (exact) mass is 276 g/mol. The standard InChI is InChI=1S/C20H20O/c21-18-13-16-11-12-17(18)20(16)19(14-7-3-1-4-8-14)15-9-5-2-6-10-15/h1-10,16-17,19-20H,11-13H2. The second-order valence-electron chi connectivity index (χ2n) is 6.49. The summed E-state index contributed by atoms with van der Waals surface area (Å²) in [6.07, 6.45) is 3.15. The molecule has 2 aliphatic rings. The van der Waals surface area contributed by atoms with Gasteiger partial charge in [0.1, 0.15) is 5.78 Å². The third kappa shape index (κ3) is 2.12. The molecule has 2 saturated carbocycles. The van der Waals surface area contributed by atoms with E-state index < -0.39 is 0 Å². The SMILES string of the molecule is O=C1CC2CCC1C2C(c1ccccc1)c1ccccc1. The summed E-state index contributed by atoms with van der Waals surface area (Å²) in [6, 6.07) is 21.5. The van der Waals surface area contributed by atoms with E-state index in [4.69, 9.17) is 0 Å². The zero-order valence-electron chi connectivity index (χ0n) is 12.1. The molecule has 4 rings (SSSR count). The van der Waals surface area contributed by atoms with Gasteiger partial charge in [0.05, 0.1) is 0 Å². The molecule has 2 aromatic rings. The van der Waals surface area contributed by atoms with Gasteiger partial charge in [0.25, 0.3) is 0 Å². The van der Waals surface area contributed by atoms with E-state index >= 15 is 0 Å². The largest absolute Gasteiger partial charge is 0.299 e. The normalized spacial score (nSPS) is 27.5. The molecule has 0 aliphatic heterocycles. The number of fused-ring (bicyclic) bond motifs is 2. The van der Waals surface area contributed by atoms with Crippen molar-refractivity contribution < 1.29 is 4.79 Å². The lowest BCUT2D eigenvalue weighted by Gasteiger charge is -2.28. The number of hydrogen-bond acceptors (Lipinski definition) is 1. The average Bonchev–Trinajstić information content (AvgIpc) is 3.06. The van der Waals surface area contributed by atoms with Crippen molar-refractivity contribution >= 4 is 5.78 Å². The van der Waals surface area contributed by atoms with Gasteiger partial charge in [-0.15, -0.1) is 0 Å². The van der Waals surface area contributed by atoms with E-state index in [1.165, 1.54) is 17.5 Å². The molecule has 2 aromatic carbocycles. The van der Waals surface area contributed by atoms with Crippen molar-refractivity contribution in [3.8, 4) is 0 Å². The summed E-state index contributed by atoms with van der Waals surface area (Å²) in [6.45, 7) is 0. The number of benzene rings is 2. The molecule has 2 bridgehead atoms. The van der Waals surface area contributed by atoms with Crippen molar-refractivity contribution in [3.63, 3.8) is 0 Å². The number of rotatable bonds is 3. The molecule has 0 N–H and O–H groups in total. The molecule has 0 radical (unpaired) electrons. The number of carbonyl (C=O) groups excluding carboxylic acids is 1. The Bertz CT molecular complexity index is 592. The molecule has 1 nitrogen and oxygen atoms in total. The van der Waals surface area contributed by atoms with Crippen molar-refractivity contribution in [2.45, 2.75) is 25.2 Å². The molecule has 0 amide bonds. The van der Waals surface area contributed by atoms with Crippen LogP contribution in [0, 0.1) is 17.8 Å². The molecule has 3 unspecified atom stereocenters. The van der Waals surface area contributed by atoms with Crippen molar-refractivity contribution in [1.82, 2.24) is 0 Å². The Kier molecular flexibility index (Phi) is 3.14. The first kappa shape index (κ1) is 12.8. The van der Waals surface area contributed by atoms with Crippen LogP contribution in [0.2, 0.25) is 0 Å². The maximum Gasteiger partial charge on any atom is 0.136 e. The Balaban J connectivity index is 1.80. The lowest BCUT2D eigenvalue weighted by atomic mass is 9.75. The highest BCUT2D eigenvalue weighted by molar-refractivity contribution is 5.85. The van der Waals surface area contributed by atoms with E-state index in [0.717, 1.165) is 12.8 Å². The molecule has 0 saturated heterocycles. The van der Waals surface area contributed by atoms with E-state index in [1.54, 1.807) is 0 Å². The van der Waals surface area contributed by atoms with E-state index in [2.05, 4.69) is 60.7 Å². The molecular formula is C20H20O. The highest BCUT2D eigenvalue weighted by Crippen LogP contribution is 2.54. The molecule has 0 heterocycles. The lowest BCUT2D eigenvalue weighted by Crippen LogP contribution is -2.20. The molecule has 2 aliphatic carbocycles. The summed E-state index contributed by atoms with van der Waals surface area (Å²) in [5.74, 6) is 2.26. The summed E-state index contributed by atoms with van der Waals surface area (Å²) in [7, 11) is 0. The Morgan fingerprint density at radius 3 is 1.81 bits per heavy atom. The fraction of sp³-hybridized carbons (Fsp3) is 0.350. The summed E-state index contributed by atoms with van der Waals surface area (Å²) in [5.41, 5.74) is 2.72. The van der Waals surface area contributed by atoms with E-state index in [1.807, 2.05) is 0 Å². The zero-order valence-corrected chi connectivity index (χ0v) is 12.1. The molecule has 2 fully saturated rings. The molecular weight excluding hydrogens is 256 g/mol. The number of carbonyl (C=O) groups is 1.